The zero-order chi connectivity index (χ0) is 14.1. The minimum Gasteiger partial charge on any atom is -0.478 e. The van der Waals surface area contributed by atoms with E-state index in [4.69, 9.17) is 27.2 Å². The van der Waals surface area contributed by atoms with Gasteiger partial charge in [-0.2, -0.15) is 0 Å². The molecule has 1 aromatic rings. The second-order valence-corrected chi connectivity index (χ2v) is 4.93. The van der Waals surface area contributed by atoms with Gasteiger partial charge in [0.05, 0.1) is 11.3 Å². The highest BCUT2D eigenvalue weighted by molar-refractivity contribution is 6.32. The molecule has 0 saturated heterocycles. The number of nitrogens with two attached hydrogens (primary N) is 1. The van der Waals surface area contributed by atoms with Gasteiger partial charge in [-0.25, -0.2) is 14.6 Å². The number of aromatic nitrogens is 1. The first kappa shape index (κ1) is 14.2. The summed E-state index contributed by atoms with van der Waals surface area (Å²) in [7, 11) is 0. The van der Waals surface area contributed by atoms with Gasteiger partial charge in [-0.15, -0.1) is 0 Å². The third-order valence-corrected chi connectivity index (χ3v) is 2.13. The van der Waals surface area contributed by atoms with E-state index in [9.17, 15) is 9.59 Å². The molecule has 7 heteroatoms. The first-order valence-electron chi connectivity index (χ1n) is 5.04. The largest absolute Gasteiger partial charge is 0.478 e. The average molecular weight is 273 g/mol. The molecule has 6 nitrogen and oxygen atoms in total. The van der Waals surface area contributed by atoms with Gasteiger partial charge in [-0.3, -0.25) is 0 Å². The third kappa shape index (κ3) is 3.33. The van der Waals surface area contributed by atoms with Crippen molar-refractivity contribution in [2.75, 3.05) is 5.73 Å². The molecule has 0 aromatic carbocycles. The fraction of sp³-hybridized carbons (Fsp3) is 0.364. The van der Waals surface area contributed by atoms with Crippen LogP contribution >= 0.6 is 11.6 Å². The van der Waals surface area contributed by atoms with Crippen LogP contribution in [0, 0.1) is 0 Å². The Morgan fingerprint density at radius 2 is 2.00 bits per heavy atom. The lowest BCUT2D eigenvalue weighted by Gasteiger charge is -2.19. The molecular weight excluding hydrogens is 260 g/mol. The van der Waals surface area contributed by atoms with Crippen molar-refractivity contribution in [3.8, 4) is 0 Å². The van der Waals surface area contributed by atoms with Crippen molar-refractivity contribution < 1.29 is 19.4 Å². The van der Waals surface area contributed by atoms with Crippen molar-refractivity contribution in [3.05, 3.63) is 22.5 Å². The highest BCUT2D eigenvalue weighted by atomic mass is 35.5. The van der Waals surface area contributed by atoms with Crippen molar-refractivity contribution >= 4 is 29.2 Å². The molecular formula is C11H13ClN2O4. The number of rotatable bonds is 2. The normalized spacial score (nSPS) is 11.1. The molecule has 0 radical (unpaired) electrons. The van der Waals surface area contributed by atoms with E-state index >= 15 is 0 Å². The molecule has 1 rings (SSSR count). The molecule has 0 fully saturated rings. The van der Waals surface area contributed by atoms with Gasteiger partial charge in [-0.05, 0) is 26.8 Å². The van der Waals surface area contributed by atoms with Gasteiger partial charge < -0.3 is 15.6 Å². The zero-order valence-electron chi connectivity index (χ0n) is 10.2. The van der Waals surface area contributed by atoms with Gasteiger partial charge in [0.25, 0.3) is 0 Å². The highest BCUT2D eigenvalue weighted by Gasteiger charge is 2.25. The minimum atomic E-state index is -1.33. The molecule has 0 saturated carbocycles. The Morgan fingerprint density at radius 3 is 2.44 bits per heavy atom. The van der Waals surface area contributed by atoms with Gasteiger partial charge >= 0.3 is 11.9 Å². The Kier molecular flexibility index (Phi) is 3.81. The number of carboxylic acid groups (broad SMARTS) is 1. The van der Waals surface area contributed by atoms with Crippen molar-refractivity contribution in [3.63, 3.8) is 0 Å². The molecule has 98 valence electrons. The predicted octanol–water partition coefficient (Wildman–Crippen LogP) is 1.97. The molecule has 0 bridgehead atoms. The van der Waals surface area contributed by atoms with Crippen LogP contribution in [0.1, 0.15) is 41.6 Å². The summed E-state index contributed by atoms with van der Waals surface area (Å²) in [5.41, 5.74) is 3.96. The van der Waals surface area contributed by atoms with Crippen LogP contribution in [-0.4, -0.2) is 27.6 Å². The standard InChI is InChI=1S/C11H13ClN2O4/c1-11(2,3)18-10(17)7-5(9(15)16)4-6(13)8(12)14-7/h4H,13H2,1-3H3,(H,15,16). The summed E-state index contributed by atoms with van der Waals surface area (Å²) in [5.74, 6) is -2.19. The molecule has 0 amide bonds. The second-order valence-electron chi connectivity index (χ2n) is 4.57. The Hall–Kier alpha value is -1.82. The monoisotopic (exact) mass is 272 g/mol. The van der Waals surface area contributed by atoms with Crippen LogP contribution in [0.5, 0.6) is 0 Å². The van der Waals surface area contributed by atoms with Gasteiger partial charge in [-0.1, -0.05) is 11.6 Å². The molecule has 18 heavy (non-hydrogen) atoms. The number of pyridine rings is 1. The number of halogens is 1. The summed E-state index contributed by atoms with van der Waals surface area (Å²) < 4.78 is 5.05. The van der Waals surface area contributed by atoms with Crippen molar-refractivity contribution in [2.45, 2.75) is 26.4 Å². The SMILES string of the molecule is CC(C)(C)OC(=O)c1nc(Cl)c(N)cc1C(=O)O. The number of aromatic carboxylic acids is 1. The lowest BCUT2D eigenvalue weighted by molar-refractivity contribution is 0.00590. The maximum Gasteiger partial charge on any atom is 0.358 e. The first-order valence-corrected chi connectivity index (χ1v) is 5.42. The summed E-state index contributed by atoms with van der Waals surface area (Å²) in [5, 5.41) is 8.84. The fourth-order valence-electron chi connectivity index (χ4n) is 1.15. The summed E-state index contributed by atoms with van der Waals surface area (Å²) in [6, 6.07) is 1.08. The number of carbonyl (C=O) groups excluding carboxylic acids is 1. The smallest absolute Gasteiger partial charge is 0.358 e. The number of carbonyl (C=O) groups is 2. The number of hydrogen-bond donors (Lipinski definition) is 2. The number of ether oxygens (including phenoxy) is 1. The van der Waals surface area contributed by atoms with E-state index in [1.165, 1.54) is 0 Å². The number of nitrogen functional groups attached to an aromatic ring is 1. The highest BCUT2D eigenvalue weighted by Crippen LogP contribution is 2.22. The van der Waals surface area contributed by atoms with Crippen molar-refractivity contribution in [1.82, 2.24) is 4.98 Å². The van der Waals surface area contributed by atoms with Crippen LogP contribution < -0.4 is 5.73 Å². The number of carboxylic acids is 1. The molecule has 0 aliphatic carbocycles. The maximum atomic E-state index is 11.8. The zero-order valence-corrected chi connectivity index (χ0v) is 10.9. The minimum absolute atomic E-state index is 0.0126. The molecule has 0 aliphatic heterocycles. The lowest BCUT2D eigenvalue weighted by Crippen LogP contribution is -2.26. The maximum absolute atomic E-state index is 11.8. The van der Waals surface area contributed by atoms with Gasteiger partial charge in [0.15, 0.2) is 10.8 Å². The number of hydrogen-bond acceptors (Lipinski definition) is 5. The third-order valence-electron chi connectivity index (χ3n) is 1.83. The number of esters is 1. The molecule has 3 N–H and O–H groups in total. The predicted molar refractivity (Wildman–Crippen MR) is 65.8 cm³/mol. The number of anilines is 1. The van der Waals surface area contributed by atoms with E-state index in [2.05, 4.69) is 4.98 Å². The topological polar surface area (TPSA) is 103 Å². The van der Waals surface area contributed by atoms with E-state index in [-0.39, 0.29) is 22.1 Å². The van der Waals surface area contributed by atoms with E-state index in [1.54, 1.807) is 20.8 Å². The molecule has 1 heterocycles. The van der Waals surface area contributed by atoms with E-state index in [1.807, 2.05) is 0 Å². The second kappa shape index (κ2) is 4.81. The summed E-state index contributed by atoms with van der Waals surface area (Å²) in [4.78, 5) is 26.5. The Balaban J connectivity index is 3.26. The van der Waals surface area contributed by atoms with Crippen LogP contribution in [0.4, 0.5) is 5.69 Å². The quantitative estimate of drug-likeness (QED) is 0.630. The van der Waals surface area contributed by atoms with Gasteiger partial charge in [0, 0.05) is 0 Å². The van der Waals surface area contributed by atoms with Crippen LogP contribution in [0.3, 0.4) is 0 Å². The molecule has 0 unspecified atom stereocenters. The number of nitrogens with zero attached hydrogens (tertiary/aromatic N) is 1. The van der Waals surface area contributed by atoms with Crippen LogP contribution in [-0.2, 0) is 4.74 Å². The van der Waals surface area contributed by atoms with E-state index < -0.39 is 17.5 Å². The Labute approximate surface area is 109 Å². The van der Waals surface area contributed by atoms with Crippen LogP contribution in [0.15, 0.2) is 6.07 Å². The molecule has 0 spiro atoms. The molecule has 1 aromatic heterocycles. The molecule has 0 aliphatic rings. The van der Waals surface area contributed by atoms with Gasteiger partial charge in [0.2, 0.25) is 0 Å². The van der Waals surface area contributed by atoms with Crippen LogP contribution in [0.25, 0.3) is 0 Å². The average Bonchev–Trinajstić information content (AvgIpc) is 2.18. The van der Waals surface area contributed by atoms with Gasteiger partial charge in [0.1, 0.15) is 5.60 Å². The Bertz CT molecular complexity index is 509. The first-order chi connectivity index (χ1) is 8.11. The summed E-state index contributed by atoms with van der Waals surface area (Å²) in [6.45, 7) is 4.97. The summed E-state index contributed by atoms with van der Waals surface area (Å²) >= 11 is 5.67. The fourth-order valence-corrected chi connectivity index (χ4v) is 1.29. The lowest BCUT2D eigenvalue weighted by atomic mass is 10.1. The molecule has 0 atom stereocenters. The van der Waals surface area contributed by atoms with Crippen LogP contribution in [0.2, 0.25) is 5.15 Å². The summed E-state index contributed by atoms with van der Waals surface area (Å²) in [6.07, 6.45) is 0. The van der Waals surface area contributed by atoms with Crippen molar-refractivity contribution in [1.29, 1.82) is 0 Å². The van der Waals surface area contributed by atoms with E-state index in [0.717, 1.165) is 6.07 Å². The van der Waals surface area contributed by atoms with E-state index in [0.29, 0.717) is 0 Å². The Morgan fingerprint density at radius 1 is 1.44 bits per heavy atom. The van der Waals surface area contributed by atoms with Crippen molar-refractivity contribution in [2.24, 2.45) is 0 Å².